The summed E-state index contributed by atoms with van der Waals surface area (Å²) in [4.78, 5) is 0. The van der Waals surface area contributed by atoms with Crippen molar-refractivity contribution < 1.29 is 10.0 Å². The topological polar surface area (TPSA) is 90.5 Å². The van der Waals surface area contributed by atoms with Gasteiger partial charge in [0.2, 0.25) is 0 Å². The van der Waals surface area contributed by atoms with Gasteiger partial charge in [0.25, 0.3) is 0 Å². The van der Waals surface area contributed by atoms with Crippen LogP contribution >= 0.6 is 28.0 Å². The summed E-state index contributed by atoms with van der Waals surface area (Å²) >= 11 is 0. The fraction of sp³-hybridized carbons (Fsp3) is 1.00. The summed E-state index contributed by atoms with van der Waals surface area (Å²) in [6.45, 7) is 23.2. The average Bonchev–Trinajstić information content (AvgIpc) is 2.67. The van der Waals surface area contributed by atoms with E-state index in [2.05, 4.69) is 43.9 Å². The van der Waals surface area contributed by atoms with E-state index in [4.69, 9.17) is 10.0 Å². The molecule has 0 aliphatic rings. The molecule has 0 radical (unpaired) electrons. The summed E-state index contributed by atoms with van der Waals surface area (Å²) in [5.74, 6) is 0. The fourth-order valence-electron chi connectivity index (χ4n) is 0. The molecule has 9 heteroatoms. The standard InChI is InChI=1S/5C2H6.CH5BO2.2CH6NP.CH5N.CH5P.CH4/c5*1-2;1-2(3)4;2*1-2-3;2*1-2;/h5*1-2H3;3-4H,1H3;2*2H,3H2,1H3;2*2H2,1H3;1H4. The number of rotatable bonds is 0. The van der Waals surface area contributed by atoms with Crippen LogP contribution in [0.15, 0.2) is 0 Å². The third-order valence-corrected chi connectivity index (χ3v) is 0. The van der Waals surface area contributed by atoms with E-state index in [0.717, 1.165) is 0 Å². The Kier molecular flexibility index (Phi) is 1120. The quantitative estimate of drug-likeness (QED) is 0.278. The summed E-state index contributed by atoms with van der Waals surface area (Å²) in [7, 11) is 11.1. The van der Waals surface area contributed by atoms with Crippen molar-refractivity contribution in [2.75, 3.05) is 27.8 Å². The maximum Gasteiger partial charge on any atom is 0.448 e. The minimum Gasteiger partial charge on any atom is -0.427 e. The van der Waals surface area contributed by atoms with E-state index in [1.165, 1.54) is 13.9 Å². The molecule has 0 aromatic heterocycles. The first-order valence-corrected chi connectivity index (χ1v) is 11.1. The van der Waals surface area contributed by atoms with Crippen LogP contribution in [0.1, 0.15) is 76.7 Å². The molecule has 6 N–H and O–H groups in total. The SMILES string of the molecule is C.CB(O)O.CC.CC.CC.CC.CC.CN.CNP.CNP.CP. The van der Waals surface area contributed by atoms with Gasteiger partial charge in [-0.1, -0.05) is 102 Å². The van der Waals surface area contributed by atoms with Crippen molar-refractivity contribution >= 4 is 35.1 Å². The van der Waals surface area contributed by atoms with Crippen LogP contribution in [-0.2, 0) is 0 Å². The van der Waals surface area contributed by atoms with Gasteiger partial charge < -0.3 is 26.0 Å². The Morgan fingerprint density at radius 3 is 0.640 bits per heavy atom. The molecule has 0 heterocycles. The van der Waals surface area contributed by atoms with Crippen LogP contribution in [0.25, 0.3) is 0 Å². The summed E-state index contributed by atoms with van der Waals surface area (Å²) in [5.41, 5.74) is 4.50. The first kappa shape index (κ1) is 72.1. The fourth-order valence-corrected chi connectivity index (χ4v) is 0. The van der Waals surface area contributed by atoms with Gasteiger partial charge >= 0.3 is 7.12 Å². The zero-order valence-corrected chi connectivity index (χ0v) is 23.2. The monoisotopic (exact) mass is 431 g/mol. The Labute approximate surface area is 172 Å². The zero-order valence-electron chi connectivity index (χ0n) is 19.8. The van der Waals surface area contributed by atoms with E-state index in [1.54, 1.807) is 0 Å². The Morgan fingerprint density at radius 1 is 0.640 bits per heavy atom. The Bertz CT molecular complexity index is 57.1. The van der Waals surface area contributed by atoms with Crippen molar-refractivity contribution in [3.05, 3.63) is 0 Å². The van der Waals surface area contributed by atoms with E-state index in [9.17, 15) is 0 Å². The second-order valence-electron chi connectivity index (χ2n) is 1.21. The summed E-state index contributed by atoms with van der Waals surface area (Å²) in [6.07, 6.45) is 0. The number of hydrogen-bond acceptors (Lipinski definition) is 5. The lowest BCUT2D eigenvalue weighted by atomic mass is 9.99. The van der Waals surface area contributed by atoms with E-state index in [-0.39, 0.29) is 7.43 Å². The number of hydrogen-bond donors (Lipinski definition) is 5. The average molecular weight is 431 g/mol. The van der Waals surface area contributed by atoms with Crippen molar-refractivity contribution in [1.82, 2.24) is 10.2 Å². The van der Waals surface area contributed by atoms with E-state index < -0.39 is 7.12 Å². The minimum absolute atomic E-state index is 0. The Hall–Kier alpha value is 1.15. The van der Waals surface area contributed by atoms with Gasteiger partial charge in [-0.2, -0.15) is 0 Å². The molecule has 3 unspecified atom stereocenters. The van der Waals surface area contributed by atoms with Gasteiger partial charge in [-0.3, -0.25) is 0 Å². The largest absolute Gasteiger partial charge is 0.448 e. The van der Waals surface area contributed by atoms with Crippen molar-refractivity contribution in [2.24, 2.45) is 5.73 Å². The Morgan fingerprint density at radius 2 is 0.640 bits per heavy atom. The molecular formula is C16H61BN3O2P3. The van der Waals surface area contributed by atoms with Crippen LogP contribution in [0, 0.1) is 0 Å². The first-order chi connectivity index (χ1) is 11.6. The van der Waals surface area contributed by atoms with E-state index in [0.29, 0.717) is 0 Å². The van der Waals surface area contributed by atoms with Crippen molar-refractivity contribution in [1.29, 1.82) is 0 Å². The summed E-state index contributed by atoms with van der Waals surface area (Å²) < 4.78 is 0. The van der Waals surface area contributed by atoms with E-state index in [1.807, 2.05) is 90.0 Å². The van der Waals surface area contributed by atoms with Gasteiger partial charge in [-0.25, -0.2) is 0 Å². The predicted octanol–water partition coefficient (Wildman–Crippen LogP) is 4.91. The molecule has 0 aromatic rings. The summed E-state index contributed by atoms with van der Waals surface area (Å²) in [5, 5.41) is 20.6. The maximum atomic E-state index is 7.61. The van der Waals surface area contributed by atoms with Crippen LogP contribution in [-0.4, -0.2) is 45.0 Å². The lowest BCUT2D eigenvalue weighted by Crippen LogP contribution is -2.00. The molecular weight excluding hydrogens is 370 g/mol. The molecule has 0 amide bonds. The van der Waals surface area contributed by atoms with E-state index >= 15 is 0 Å². The highest BCUT2D eigenvalue weighted by Crippen LogP contribution is 1.51. The summed E-state index contributed by atoms with van der Waals surface area (Å²) in [6, 6.07) is 0. The highest BCUT2D eigenvalue weighted by molar-refractivity contribution is 7.15. The van der Waals surface area contributed by atoms with Crippen molar-refractivity contribution in [2.45, 2.75) is 83.5 Å². The number of nitrogens with two attached hydrogens (primary N) is 1. The molecule has 5 nitrogen and oxygen atoms in total. The molecule has 0 aliphatic carbocycles. The molecule has 0 aliphatic heterocycles. The van der Waals surface area contributed by atoms with Crippen LogP contribution in [0.2, 0.25) is 6.82 Å². The first-order valence-electron chi connectivity index (χ1n) is 8.83. The van der Waals surface area contributed by atoms with Gasteiger partial charge in [-0.05, 0) is 28.0 Å². The van der Waals surface area contributed by atoms with Crippen molar-refractivity contribution in [3.63, 3.8) is 0 Å². The second kappa shape index (κ2) is 387. The molecule has 0 aromatic carbocycles. The molecule has 0 bridgehead atoms. The molecule has 25 heavy (non-hydrogen) atoms. The molecule has 170 valence electrons. The highest BCUT2D eigenvalue weighted by Gasteiger charge is 1.86. The highest BCUT2D eigenvalue weighted by atomic mass is 31.0. The lowest BCUT2D eigenvalue weighted by Gasteiger charge is -1.71. The van der Waals surface area contributed by atoms with Crippen LogP contribution < -0.4 is 15.9 Å². The minimum atomic E-state index is -1.17. The zero-order chi connectivity index (χ0) is 23.0. The van der Waals surface area contributed by atoms with Gasteiger partial charge in [0.1, 0.15) is 0 Å². The third kappa shape index (κ3) is 10100. The van der Waals surface area contributed by atoms with Crippen molar-refractivity contribution in [3.8, 4) is 0 Å². The van der Waals surface area contributed by atoms with Gasteiger partial charge in [-0.15, -0.1) is 9.24 Å². The molecule has 3 atom stereocenters. The lowest BCUT2D eigenvalue weighted by molar-refractivity contribution is 0.417. The van der Waals surface area contributed by atoms with Crippen LogP contribution in [0.3, 0.4) is 0 Å². The molecule has 0 rings (SSSR count). The van der Waals surface area contributed by atoms with Gasteiger partial charge in [0.15, 0.2) is 0 Å². The molecule has 0 saturated heterocycles. The van der Waals surface area contributed by atoms with Gasteiger partial charge in [0.05, 0.1) is 0 Å². The third-order valence-electron chi connectivity index (χ3n) is 0. The van der Waals surface area contributed by atoms with Gasteiger partial charge in [0, 0.05) is 0 Å². The second-order valence-corrected chi connectivity index (χ2v) is 2.36. The molecule has 0 spiro atoms. The Balaban J connectivity index is -0.00000000978. The van der Waals surface area contributed by atoms with Crippen LogP contribution in [0.4, 0.5) is 0 Å². The smallest absolute Gasteiger partial charge is 0.427 e. The molecule has 0 saturated carbocycles. The van der Waals surface area contributed by atoms with Crippen LogP contribution in [0.5, 0.6) is 0 Å². The normalized spacial score (nSPS) is 4.20. The predicted molar refractivity (Wildman–Crippen MR) is 143 cm³/mol. The molecule has 0 fully saturated rings. The number of nitrogens with one attached hydrogen (secondary N) is 2. The maximum absolute atomic E-state index is 7.61.